The average molecular weight is 241 g/mol. The molecule has 1 aliphatic rings. The lowest BCUT2D eigenvalue weighted by atomic mass is 10.1. The van der Waals surface area contributed by atoms with Gasteiger partial charge in [-0.2, -0.15) is 0 Å². The summed E-state index contributed by atoms with van der Waals surface area (Å²) >= 11 is 0. The number of rotatable bonds is 3. The summed E-state index contributed by atoms with van der Waals surface area (Å²) in [6, 6.07) is 10.1. The summed E-state index contributed by atoms with van der Waals surface area (Å²) in [7, 11) is 0. The Kier molecular flexibility index (Phi) is 4.77. The van der Waals surface area contributed by atoms with Crippen LogP contribution >= 0.6 is 0 Å². The van der Waals surface area contributed by atoms with E-state index < -0.39 is 0 Å². The predicted octanol–water partition coefficient (Wildman–Crippen LogP) is 3.27. The highest BCUT2D eigenvalue weighted by Crippen LogP contribution is 2.09. The highest BCUT2D eigenvalue weighted by atomic mass is 16.2. The van der Waals surface area contributed by atoms with E-state index in [1.807, 2.05) is 53.5 Å². The van der Waals surface area contributed by atoms with Gasteiger partial charge in [0, 0.05) is 19.2 Å². The average Bonchev–Trinajstić information content (AvgIpc) is 2.45. The summed E-state index contributed by atoms with van der Waals surface area (Å²) in [6.07, 6.45) is 10.9. The Labute approximate surface area is 109 Å². The van der Waals surface area contributed by atoms with Gasteiger partial charge in [0.25, 0.3) is 0 Å². The highest BCUT2D eigenvalue weighted by Gasteiger charge is 2.12. The summed E-state index contributed by atoms with van der Waals surface area (Å²) in [6.45, 7) is 1.82. The molecule has 0 saturated carbocycles. The molecule has 0 bridgehead atoms. The number of amides is 1. The van der Waals surface area contributed by atoms with Crippen LogP contribution in [0, 0.1) is 0 Å². The van der Waals surface area contributed by atoms with Crippen LogP contribution in [-0.2, 0) is 4.79 Å². The SMILES string of the molecule is O=C(/C=C/C=C/c1ccccc1)N1CCCCC1. The van der Waals surface area contributed by atoms with Crippen molar-refractivity contribution >= 4 is 12.0 Å². The Morgan fingerprint density at radius 3 is 2.44 bits per heavy atom. The number of benzene rings is 1. The van der Waals surface area contributed by atoms with Gasteiger partial charge in [-0.05, 0) is 24.8 Å². The molecule has 1 fully saturated rings. The monoisotopic (exact) mass is 241 g/mol. The van der Waals surface area contributed by atoms with Gasteiger partial charge in [0.15, 0.2) is 0 Å². The molecule has 2 heteroatoms. The van der Waals surface area contributed by atoms with Crippen LogP contribution in [0.1, 0.15) is 24.8 Å². The van der Waals surface area contributed by atoms with E-state index in [2.05, 4.69) is 0 Å². The van der Waals surface area contributed by atoms with Gasteiger partial charge in [-0.15, -0.1) is 0 Å². The lowest BCUT2D eigenvalue weighted by Crippen LogP contribution is -2.34. The second kappa shape index (κ2) is 6.80. The molecular weight excluding hydrogens is 222 g/mol. The maximum Gasteiger partial charge on any atom is 0.246 e. The van der Waals surface area contributed by atoms with Crippen molar-refractivity contribution < 1.29 is 4.79 Å². The first-order valence-electron chi connectivity index (χ1n) is 6.55. The predicted molar refractivity (Wildman–Crippen MR) is 75.0 cm³/mol. The van der Waals surface area contributed by atoms with E-state index in [-0.39, 0.29) is 5.91 Å². The largest absolute Gasteiger partial charge is 0.339 e. The van der Waals surface area contributed by atoms with Crippen LogP contribution in [0.4, 0.5) is 0 Å². The van der Waals surface area contributed by atoms with Crippen LogP contribution < -0.4 is 0 Å². The Bertz CT molecular complexity index is 428. The van der Waals surface area contributed by atoms with Gasteiger partial charge in [-0.3, -0.25) is 4.79 Å². The number of likely N-dealkylation sites (tertiary alicyclic amines) is 1. The molecule has 0 aliphatic carbocycles. The Morgan fingerprint density at radius 1 is 1.00 bits per heavy atom. The number of nitrogens with zero attached hydrogens (tertiary/aromatic N) is 1. The van der Waals surface area contributed by atoms with Crippen molar-refractivity contribution in [3.8, 4) is 0 Å². The minimum Gasteiger partial charge on any atom is -0.339 e. The van der Waals surface area contributed by atoms with E-state index in [1.54, 1.807) is 6.08 Å². The minimum absolute atomic E-state index is 0.132. The Morgan fingerprint density at radius 2 is 1.72 bits per heavy atom. The summed E-state index contributed by atoms with van der Waals surface area (Å²) in [4.78, 5) is 13.7. The zero-order valence-electron chi connectivity index (χ0n) is 10.6. The molecule has 1 aliphatic heterocycles. The van der Waals surface area contributed by atoms with E-state index in [4.69, 9.17) is 0 Å². The molecule has 0 N–H and O–H groups in total. The van der Waals surface area contributed by atoms with Crippen molar-refractivity contribution in [1.29, 1.82) is 0 Å². The number of carbonyl (C=O) groups is 1. The van der Waals surface area contributed by atoms with Gasteiger partial charge < -0.3 is 4.90 Å². The topological polar surface area (TPSA) is 20.3 Å². The third-order valence-electron chi connectivity index (χ3n) is 3.11. The first-order chi connectivity index (χ1) is 8.86. The molecule has 1 amide bonds. The zero-order chi connectivity index (χ0) is 12.6. The minimum atomic E-state index is 0.132. The van der Waals surface area contributed by atoms with Gasteiger partial charge in [-0.1, -0.05) is 48.6 Å². The number of allylic oxidation sites excluding steroid dienone is 2. The third kappa shape index (κ3) is 3.88. The maximum absolute atomic E-state index is 11.8. The highest BCUT2D eigenvalue weighted by molar-refractivity contribution is 5.88. The fraction of sp³-hybridized carbons (Fsp3) is 0.312. The molecule has 0 spiro atoms. The smallest absolute Gasteiger partial charge is 0.246 e. The van der Waals surface area contributed by atoms with Crippen molar-refractivity contribution in [2.75, 3.05) is 13.1 Å². The molecule has 0 unspecified atom stereocenters. The lowest BCUT2D eigenvalue weighted by Gasteiger charge is -2.25. The van der Waals surface area contributed by atoms with E-state index in [0.717, 1.165) is 31.5 Å². The second-order valence-electron chi connectivity index (χ2n) is 4.51. The molecule has 0 radical (unpaired) electrons. The summed E-state index contributed by atoms with van der Waals surface area (Å²) in [5, 5.41) is 0. The quantitative estimate of drug-likeness (QED) is 0.587. The van der Waals surface area contributed by atoms with Crippen LogP contribution in [-0.4, -0.2) is 23.9 Å². The van der Waals surface area contributed by atoms with E-state index in [9.17, 15) is 4.79 Å². The summed E-state index contributed by atoms with van der Waals surface area (Å²) < 4.78 is 0. The maximum atomic E-state index is 11.8. The summed E-state index contributed by atoms with van der Waals surface area (Å²) in [5.41, 5.74) is 1.15. The molecule has 0 atom stereocenters. The molecular formula is C16H19NO. The lowest BCUT2D eigenvalue weighted by molar-refractivity contribution is -0.126. The number of carbonyl (C=O) groups excluding carboxylic acids is 1. The number of hydrogen-bond acceptors (Lipinski definition) is 1. The van der Waals surface area contributed by atoms with Crippen LogP contribution in [0.25, 0.3) is 6.08 Å². The molecule has 1 aromatic rings. The van der Waals surface area contributed by atoms with Crippen molar-refractivity contribution in [1.82, 2.24) is 4.90 Å². The molecule has 1 aromatic carbocycles. The van der Waals surface area contributed by atoms with Crippen molar-refractivity contribution in [2.24, 2.45) is 0 Å². The molecule has 18 heavy (non-hydrogen) atoms. The summed E-state index contributed by atoms with van der Waals surface area (Å²) in [5.74, 6) is 0.132. The van der Waals surface area contributed by atoms with E-state index in [0.29, 0.717) is 0 Å². The standard InChI is InChI=1S/C16H19NO/c18-16(17-13-7-2-8-14-17)12-6-5-11-15-9-3-1-4-10-15/h1,3-6,9-12H,2,7-8,13-14H2/b11-5+,12-6+. The van der Waals surface area contributed by atoms with E-state index >= 15 is 0 Å². The van der Waals surface area contributed by atoms with Crippen molar-refractivity contribution in [2.45, 2.75) is 19.3 Å². The van der Waals surface area contributed by atoms with Crippen molar-refractivity contribution in [3.05, 3.63) is 54.1 Å². The van der Waals surface area contributed by atoms with Gasteiger partial charge in [0.1, 0.15) is 0 Å². The Balaban J connectivity index is 1.83. The third-order valence-corrected chi connectivity index (χ3v) is 3.11. The van der Waals surface area contributed by atoms with Crippen LogP contribution in [0.5, 0.6) is 0 Å². The van der Waals surface area contributed by atoms with E-state index in [1.165, 1.54) is 6.42 Å². The first-order valence-corrected chi connectivity index (χ1v) is 6.55. The van der Waals surface area contributed by atoms with Crippen LogP contribution in [0.3, 0.4) is 0 Å². The normalized spacial score (nSPS) is 16.6. The van der Waals surface area contributed by atoms with Gasteiger partial charge in [0.2, 0.25) is 5.91 Å². The second-order valence-corrected chi connectivity index (χ2v) is 4.51. The Hall–Kier alpha value is -1.83. The number of hydrogen-bond donors (Lipinski definition) is 0. The van der Waals surface area contributed by atoms with Gasteiger partial charge in [0.05, 0.1) is 0 Å². The van der Waals surface area contributed by atoms with Crippen LogP contribution in [0.15, 0.2) is 48.6 Å². The molecule has 1 saturated heterocycles. The number of piperidine rings is 1. The first kappa shape index (κ1) is 12.6. The molecule has 94 valence electrons. The molecule has 2 nitrogen and oxygen atoms in total. The van der Waals surface area contributed by atoms with Gasteiger partial charge >= 0.3 is 0 Å². The van der Waals surface area contributed by atoms with Crippen LogP contribution in [0.2, 0.25) is 0 Å². The molecule has 0 aromatic heterocycles. The molecule has 2 rings (SSSR count). The fourth-order valence-electron chi connectivity index (χ4n) is 2.09. The zero-order valence-corrected chi connectivity index (χ0v) is 10.6. The van der Waals surface area contributed by atoms with Gasteiger partial charge in [-0.25, -0.2) is 0 Å². The fourth-order valence-corrected chi connectivity index (χ4v) is 2.09. The van der Waals surface area contributed by atoms with Crippen molar-refractivity contribution in [3.63, 3.8) is 0 Å². The molecule has 1 heterocycles.